The number of Topliss-reactive ketones (excluding diaryl/α,β-unsaturated/α-hetero) is 2. The van der Waals surface area contributed by atoms with Gasteiger partial charge in [-0.05, 0) is 37.9 Å². The highest BCUT2D eigenvalue weighted by Crippen LogP contribution is 2.56. The Labute approximate surface area is 241 Å². The molecule has 42 heavy (non-hydrogen) atoms. The Kier molecular flexibility index (Phi) is 7.65. The first-order valence-electron chi connectivity index (χ1n) is 13.2. The number of nitrogens with one attached hydrogen (secondary N) is 1. The van der Waals surface area contributed by atoms with Crippen molar-refractivity contribution in [2.45, 2.75) is 56.0 Å². The van der Waals surface area contributed by atoms with Gasteiger partial charge in [-0.25, -0.2) is 0 Å². The van der Waals surface area contributed by atoms with Crippen molar-refractivity contribution in [1.29, 1.82) is 5.41 Å². The van der Waals surface area contributed by atoms with Crippen molar-refractivity contribution in [2.75, 3.05) is 20.7 Å². The van der Waals surface area contributed by atoms with Crippen molar-refractivity contribution in [3.63, 3.8) is 0 Å². The largest absolute Gasteiger partial charge is 0.508 e. The van der Waals surface area contributed by atoms with Crippen LogP contribution in [0, 0.1) is 17.2 Å². The topological polar surface area (TPSA) is 261 Å². The Hall–Kier alpha value is -3.98. The predicted molar refractivity (Wildman–Crippen MR) is 147 cm³/mol. The number of phenolic OH excluding ortho intramolecular Hbond substituents is 1. The summed E-state index contributed by atoms with van der Waals surface area (Å²) >= 11 is 0. The summed E-state index contributed by atoms with van der Waals surface area (Å²) in [6, 6.07) is 1.02. The van der Waals surface area contributed by atoms with Gasteiger partial charge in [-0.15, -0.1) is 0 Å². The highest BCUT2D eigenvalue weighted by molar-refractivity contribution is 6.24. The number of ketones is 2. The van der Waals surface area contributed by atoms with E-state index in [1.54, 1.807) is 13.8 Å². The second-order valence-corrected chi connectivity index (χ2v) is 11.8. The molecule has 4 rings (SSSR count). The van der Waals surface area contributed by atoms with Gasteiger partial charge < -0.3 is 46.8 Å². The quantitative estimate of drug-likeness (QED) is 0.0836. The number of benzene rings is 1. The fourth-order valence-corrected chi connectivity index (χ4v) is 6.66. The molecule has 14 heteroatoms. The molecule has 3 aliphatic rings. The number of hydrogen-bond donors (Lipinski definition) is 9. The number of amidine groups is 1. The summed E-state index contributed by atoms with van der Waals surface area (Å²) in [7, 11) is 2.79. The number of nitrogens with zero attached hydrogens (tertiary/aromatic N) is 1. The maximum absolute atomic E-state index is 14.0. The van der Waals surface area contributed by atoms with Gasteiger partial charge in [0.1, 0.15) is 22.8 Å². The summed E-state index contributed by atoms with van der Waals surface area (Å²) in [6.45, 7) is 3.74. The Morgan fingerprint density at radius 3 is 2.31 bits per heavy atom. The molecular weight excluding hydrogens is 552 g/mol. The van der Waals surface area contributed by atoms with E-state index in [0.717, 1.165) is 0 Å². The second kappa shape index (κ2) is 10.4. The van der Waals surface area contributed by atoms with E-state index in [0.29, 0.717) is 18.4 Å². The van der Waals surface area contributed by atoms with Gasteiger partial charge >= 0.3 is 0 Å². The number of phenols is 1. The molecule has 0 heterocycles. The Balaban J connectivity index is 1.90. The van der Waals surface area contributed by atoms with Crippen LogP contribution in [-0.4, -0.2) is 97.5 Å². The fourth-order valence-electron chi connectivity index (χ4n) is 6.66. The third-order valence-electron chi connectivity index (χ3n) is 8.69. The number of aliphatic hydroxyl groups is 5. The van der Waals surface area contributed by atoms with Crippen LogP contribution in [0.4, 0.5) is 0 Å². The Morgan fingerprint density at radius 2 is 1.76 bits per heavy atom. The van der Waals surface area contributed by atoms with E-state index >= 15 is 0 Å². The highest BCUT2D eigenvalue weighted by atomic mass is 16.5. The van der Waals surface area contributed by atoms with Crippen molar-refractivity contribution in [2.24, 2.45) is 23.3 Å². The molecule has 1 fully saturated rings. The molecule has 11 N–H and O–H groups in total. The van der Waals surface area contributed by atoms with Crippen LogP contribution in [0.25, 0.3) is 5.76 Å². The van der Waals surface area contributed by atoms with Crippen molar-refractivity contribution < 1.29 is 49.8 Å². The predicted octanol–water partition coefficient (Wildman–Crippen LogP) is -0.606. The number of fused-ring (bicyclic) bond motifs is 3. The van der Waals surface area contributed by atoms with E-state index in [9.17, 15) is 45.0 Å². The summed E-state index contributed by atoms with van der Waals surface area (Å²) in [5.41, 5.74) is 4.99. The Morgan fingerprint density at radius 1 is 1.14 bits per heavy atom. The average Bonchev–Trinajstić information content (AvgIpc) is 2.88. The zero-order valence-electron chi connectivity index (χ0n) is 23.6. The number of primary amides is 1. The molecule has 6 unspecified atom stereocenters. The normalized spacial score (nSPS) is 29.3. The van der Waals surface area contributed by atoms with E-state index in [1.165, 1.54) is 31.1 Å². The minimum Gasteiger partial charge on any atom is -0.508 e. The van der Waals surface area contributed by atoms with E-state index in [4.69, 9.17) is 21.6 Å². The molecule has 1 saturated carbocycles. The maximum atomic E-state index is 14.0. The number of carbonyl (C=O) groups is 3. The molecule has 0 aromatic heterocycles. The SMILES string of the molecule is CN(C)C1C(=O)C(C(N)=O)=C(O)C2(O)C(=O)C3=C(O)c4c(ccc(C(C)(C)CCCOC(=N)N)c4O)C(O)C3C(O)C12. The zero-order valence-corrected chi connectivity index (χ0v) is 23.6. The molecular formula is C28H36N4O10. The molecule has 3 aliphatic carbocycles. The van der Waals surface area contributed by atoms with Gasteiger partial charge in [0, 0.05) is 17.1 Å². The summed E-state index contributed by atoms with van der Waals surface area (Å²) in [5, 5.41) is 75.6. The smallest absolute Gasteiger partial charge is 0.278 e. The molecule has 1 aromatic rings. The van der Waals surface area contributed by atoms with Gasteiger partial charge in [0.25, 0.3) is 11.9 Å². The lowest BCUT2D eigenvalue weighted by atomic mass is 9.55. The molecule has 0 aliphatic heterocycles. The number of ether oxygens (including phenoxy) is 1. The lowest BCUT2D eigenvalue weighted by Gasteiger charge is -2.53. The summed E-state index contributed by atoms with van der Waals surface area (Å²) in [4.78, 5) is 40.6. The standard InChI is InChI=1S/C28H36N4O10/c1-27(2,8-5-9-42-26(30)31)11-7-6-10-12(19(11)34)20(35)14-13(18(10)33)21(36)16-17(32(3)4)22(37)15(25(29)40)24(39)28(16,41)23(14)38/h6-7,13,16-18,21,33-36,39,41H,5,8-9H2,1-4H3,(H2,29,40)(H3,30,31). The third-order valence-corrected chi connectivity index (χ3v) is 8.69. The van der Waals surface area contributed by atoms with Gasteiger partial charge in [0.2, 0.25) is 5.78 Å². The molecule has 228 valence electrons. The first-order valence-corrected chi connectivity index (χ1v) is 13.2. The highest BCUT2D eigenvalue weighted by Gasteiger charge is 2.68. The van der Waals surface area contributed by atoms with Gasteiger partial charge in [-0.3, -0.25) is 24.7 Å². The third kappa shape index (κ3) is 4.33. The van der Waals surface area contributed by atoms with E-state index < -0.39 is 93.0 Å². The van der Waals surface area contributed by atoms with Crippen LogP contribution < -0.4 is 11.5 Å². The molecule has 1 amide bonds. The van der Waals surface area contributed by atoms with E-state index in [2.05, 4.69) is 0 Å². The lowest BCUT2D eigenvalue weighted by molar-refractivity contribution is -0.174. The zero-order chi connectivity index (χ0) is 31.6. The average molecular weight is 589 g/mol. The summed E-state index contributed by atoms with van der Waals surface area (Å²) in [6.07, 6.45) is -2.72. The van der Waals surface area contributed by atoms with Crippen molar-refractivity contribution >= 4 is 29.3 Å². The monoisotopic (exact) mass is 588 g/mol. The van der Waals surface area contributed by atoms with E-state index in [1.807, 2.05) is 0 Å². The van der Waals surface area contributed by atoms with Crippen LogP contribution >= 0.6 is 0 Å². The number of likely N-dealkylation sites (N-methyl/N-ethyl adjacent to an activating group) is 1. The summed E-state index contributed by atoms with van der Waals surface area (Å²) in [5.74, 6) is -9.83. The van der Waals surface area contributed by atoms with Crippen molar-refractivity contribution in [3.8, 4) is 5.75 Å². The first-order chi connectivity index (χ1) is 19.4. The second-order valence-electron chi connectivity index (χ2n) is 11.8. The fraction of sp³-hybridized carbons (Fsp3) is 0.500. The number of hydrogen-bond acceptors (Lipinski definition) is 12. The minimum absolute atomic E-state index is 0.0170. The molecule has 0 bridgehead atoms. The number of rotatable bonds is 7. The van der Waals surface area contributed by atoms with Crippen LogP contribution in [0.5, 0.6) is 5.75 Å². The van der Waals surface area contributed by atoms with Crippen LogP contribution in [0.3, 0.4) is 0 Å². The molecule has 0 saturated heterocycles. The lowest BCUT2D eigenvalue weighted by Crippen LogP contribution is -2.70. The minimum atomic E-state index is -3.08. The molecule has 1 aromatic carbocycles. The van der Waals surface area contributed by atoms with Crippen LogP contribution in [0.2, 0.25) is 0 Å². The van der Waals surface area contributed by atoms with Gasteiger partial charge in [-0.1, -0.05) is 26.0 Å². The van der Waals surface area contributed by atoms with Gasteiger partial charge in [-0.2, -0.15) is 0 Å². The van der Waals surface area contributed by atoms with Gasteiger partial charge in [0.15, 0.2) is 11.4 Å². The number of carbonyl (C=O) groups excluding carboxylic acids is 3. The van der Waals surface area contributed by atoms with Crippen molar-refractivity contribution in [1.82, 2.24) is 4.90 Å². The van der Waals surface area contributed by atoms with Gasteiger partial charge in [0.05, 0.1) is 36.3 Å². The number of aromatic hydroxyl groups is 1. The Bertz CT molecular complexity index is 1450. The molecule has 14 nitrogen and oxygen atoms in total. The number of nitrogens with two attached hydrogens (primary N) is 2. The first kappa shape index (κ1) is 31.0. The summed E-state index contributed by atoms with van der Waals surface area (Å²) < 4.78 is 4.97. The number of amides is 1. The molecule has 6 atom stereocenters. The van der Waals surface area contributed by atoms with Crippen LogP contribution in [-0.2, 0) is 24.5 Å². The van der Waals surface area contributed by atoms with Crippen molar-refractivity contribution in [3.05, 3.63) is 45.7 Å². The van der Waals surface area contributed by atoms with Crippen LogP contribution in [0.15, 0.2) is 29.0 Å². The molecule has 0 radical (unpaired) electrons. The molecule has 0 spiro atoms. The maximum Gasteiger partial charge on any atom is 0.278 e. The van der Waals surface area contributed by atoms with Crippen LogP contribution in [0.1, 0.15) is 49.5 Å². The van der Waals surface area contributed by atoms with E-state index in [-0.39, 0.29) is 17.7 Å². The number of aliphatic hydroxyl groups excluding tert-OH is 4.